The van der Waals surface area contributed by atoms with Crippen LogP contribution >= 0.6 is 12.4 Å². The Hall–Kier alpha value is -3.06. The van der Waals surface area contributed by atoms with Crippen LogP contribution in [-0.4, -0.2) is 30.5 Å². The molecule has 1 aliphatic heterocycles. The number of esters is 1. The summed E-state index contributed by atoms with van der Waals surface area (Å²) in [5.74, 6) is 0.690. The van der Waals surface area contributed by atoms with E-state index in [-0.39, 0.29) is 24.3 Å². The van der Waals surface area contributed by atoms with Crippen LogP contribution in [0.25, 0.3) is 0 Å². The number of benzene rings is 2. The van der Waals surface area contributed by atoms with Gasteiger partial charge in [0.2, 0.25) is 6.29 Å². The van der Waals surface area contributed by atoms with Gasteiger partial charge in [-0.15, -0.1) is 12.4 Å². The van der Waals surface area contributed by atoms with Crippen molar-refractivity contribution in [3.8, 4) is 5.75 Å². The minimum absolute atomic E-state index is 0. The van der Waals surface area contributed by atoms with Crippen molar-refractivity contribution in [2.75, 3.05) is 11.9 Å². The molecule has 172 valence electrons. The summed E-state index contributed by atoms with van der Waals surface area (Å²) in [5.41, 5.74) is 8.94. The molecule has 1 unspecified atom stereocenters. The highest BCUT2D eigenvalue weighted by molar-refractivity contribution is 6.05. The van der Waals surface area contributed by atoms with E-state index in [1.54, 1.807) is 36.4 Å². The summed E-state index contributed by atoms with van der Waals surface area (Å²) in [6.45, 7) is 4.65. The molecular weight excluding hydrogens is 430 g/mol. The van der Waals surface area contributed by atoms with Gasteiger partial charge in [0.25, 0.3) is 5.91 Å². The highest BCUT2D eigenvalue weighted by Gasteiger charge is 2.23. The monoisotopic (exact) mass is 459 g/mol. The average molecular weight is 460 g/mol. The molecule has 8 heteroatoms. The van der Waals surface area contributed by atoms with Crippen LogP contribution in [0.15, 0.2) is 47.5 Å². The largest absolute Gasteiger partial charge is 0.454 e. The van der Waals surface area contributed by atoms with Crippen molar-refractivity contribution >= 4 is 35.8 Å². The Labute approximate surface area is 194 Å². The molecule has 2 aromatic carbocycles. The Morgan fingerprint density at radius 2 is 1.84 bits per heavy atom. The Morgan fingerprint density at radius 3 is 2.53 bits per heavy atom. The fourth-order valence-electron chi connectivity index (χ4n) is 3.25. The second-order valence-corrected chi connectivity index (χ2v) is 7.45. The minimum atomic E-state index is -0.557. The first-order valence-corrected chi connectivity index (χ1v) is 10.7. The summed E-state index contributed by atoms with van der Waals surface area (Å²) in [4.78, 5) is 28.6. The van der Waals surface area contributed by atoms with E-state index in [4.69, 9.17) is 15.2 Å². The van der Waals surface area contributed by atoms with Crippen molar-refractivity contribution in [1.29, 1.82) is 0 Å². The maximum absolute atomic E-state index is 12.6. The van der Waals surface area contributed by atoms with E-state index in [9.17, 15) is 9.59 Å². The molecule has 0 saturated heterocycles. The van der Waals surface area contributed by atoms with Crippen molar-refractivity contribution in [2.45, 2.75) is 52.2 Å². The molecule has 0 spiro atoms. The van der Waals surface area contributed by atoms with Crippen molar-refractivity contribution in [3.63, 3.8) is 0 Å². The number of hydrogen-bond donors (Lipinski definition) is 2. The normalized spacial score (nSPS) is 15.1. The third-order valence-corrected chi connectivity index (χ3v) is 4.89. The summed E-state index contributed by atoms with van der Waals surface area (Å²) >= 11 is 0. The lowest BCUT2D eigenvalue weighted by Gasteiger charge is -2.26. The molecule has 1 aliphatic rings. The quantitative estimate of drug-likeness (QED) is 0.344. The van der Waals surface area contributed by atoms with E-state index in [0.717, 1.165) is 24.0 Å². The zero-order valence-corrected chi connectivity index (χ0v) is 19.2. The number of anilines is 1. The predicted octanol–water partition coefficient (Wildman–Crippen LogP) is 4.47. The van der Waals surface area contributed by atoms with Crippen LogP contribution < -0.4 is 15.8 Å². The number of ether oxygens (including phenoxy) is 2. The standard InChI is InChI=1S/C24H29N3O4.ClH/c1-3-5-21(28)31-22-13-10-18-15-19(11-12-20(18)30-22)27-24(29)17-8-6-16(7-9-17)23(25)26-14-4-2;/h6-9,11-12,15,22H,3-5,10,13-14H2,1-2H3,(H2,25,26)(H,27,29);1H. The molecule has 3 N–H and O–H groups in total. The van der Waals surface area contributed by atoms with E-state index in [0.29, 0.717) is 48.6 Å². The number of nitrogens with one attached hydrogen (secondary N) is 1. The van der Waals surface area contributed by atoms with Gasteiger partial charge in [0.15, 0.2) is 0 Å². The van der Waals surface area contributed by atoms with Gasteiger partial charge in [0.05, 0.1) is 0 Å². The summed E-state index contributed by atoms with van der Waals surface area (Å²) in [6, 6.07) is 12.5. The van der Waals surface area contributed by atoms with Crippen LogP contribution in [0.4, 0.5) is 5.69 Å². The second-order valence-electron chi connectivity index (χ2n) is 7.45. The van der Waals surface area contributed by atoms with Gasteiger partial charge in [-0.2, -0.15) is 0 Å². The molecule has 0 fully saturated rings. The first-order chi connectivity index (χ1) is 15.0. The highest BCUT2D eigenvalue weighted by Crippen LogP contribution is 2.30. The highest BCUT2D eigenvalue weighted by atomic mass is 35.5. The maximum Gasteiger partial charge on any atom is 0.308 e. The van der Waals surface area contributed by atoms with Gasteiger partial charge in [-0.05, 0) is 55.2 Å². The zero-order valence-electron chi connectivity index (χ0n) is 18.4. The van der Waals surface area contributed by atoms with Crippen LogP contribution in [0.5, 0.6) is 5.75 Å². The molecular formula is C24H30ClN3O4. The number of halogens is 1. The lowest BCUT2D eigenvalue weighted by atomic mass is 10.0. The average Bonchev–Trinajstić information content (AvgIpc) is 2.77. The van der Waals surface area contributed by atoms with Crippen molar-refractivity contribution < 1.29 is 19.1 Å². The molecule has 2 aromatic rings. The molecule has 0 saturated carbocycles. The zero-order chi connectivity index (χ0) is 22.2. The number of hydrogen-bond acceptors (Lipinski definition) is 5. The van der Waals surface area contributed by atoms with E-state index in [1.165, 1.54) is 0 Å². The van der Waals surface area contributed by atoms with E-state index < -0.39 is 6.29 Å². The van der Waals surface area contributed by atoms with Crippen LogP contribution in [0.3, 0.4) is 0 Å². The predicted molar refractivity (Wildman–Crippen MR) is 128 cm³/mol. The van der Waals surface area contributed by atoms with Crippen molar-refractivity contribution in [1.82, 2.24) is 0 Å². The van der Waals surface area contributed by atoms with Crippen molar-refractivity contribution in [3.05, 3.63) is 59.2 Å². The molecule has 1 amide bonds. The van der Waals surface area contributed by atoms with Gasteiger partial charge in [0, 0.05) is 36.2 Å². The fourth-order valence-corrected chi connectivity index (χ4v) is 3.25. The maximum atomic E-state index is 12.6. The minimum Gasteiger partial charge on any atom is -0.454 e. The van der Waals surface area contributed by atoms with E-state index in [2.05, 4.69) is 10.3 Å². The number of aliphatic imine (C=N–C) groups is 1. The molecule has 3 rings (SSSR count). The number of fused-ring (bicyclic) bond motifs is 1. The number of carbonyl (C=O) groups is 2. The van der Waals surface area contributed by atoms with Crippen LogP contribution in [-0.2, 0) is 16.0 Å². The summed E-state index contributed by atoms with van der Waals surface area (Å²) in [7, 11) is 0. The lowest BCUT2D eigenvalue weighted by molar-refractivity contribution is -0.165. The number of rotatable bonds is 8. The first kappa shape index (κ1) is 25.2. The van der Waals surface area contributed by atoms with E-state index >= 15 is 0 Å². The van der Waals surface area contributed by atoms with Gasteiger partial charge in [-0.1, -0.05) is 26.0 Å². The SMILES string of the molecule is CCCN=C(N)c1ccc(C(=O)Nc2ccc3c(c2)CCC(OC(=O)CCC)O3)cc1.Cl. The Bertz CT molecular complexity index is 960. The molecule has 32 heavy (non-hydrogen) atoms. The van der Waals surface area contributed by atoms with Gasteiger partial charge >= 0.3 is 5.97 Å². The number of amidine groups is 1. The van der Waals surface area contributed by atoms with Gasteiger partial charge in [0.1, 0.15) is 11.6 Å². The summed E-state index contributed by atoms with van der Waals surface area (Å²) in [6.07, 6.45) is 2.79. The molecule has 7 nitrogen and oxygen atoms in total. The summed E-state index contributed by atoms with van der Waals surface area (Å²) in [5, 5.41) is 2.91. The third-order valence-electron chi connectivity index (χ3n) is 4.89. The Kier molecular flexibility index (Phi) is 9.53. The Balaban J connectivity index is 0.00000363. The van der Waals surface area contributed by atoms with Gasteiger partial charge in [-0.3, -0.25) is 14.6 Å². The molecule has 0 aliphatic carbocycles. The summed E-state index contributed by atoms with van der Waals surface area (Å²) < 4.78 is 11.1. The van der Waals surface area contributed by atoms with E-state index in [1.807, 2.05) is 19.9 Å². The smallest absolute Gasteiger partial charge is 0.308 e. The first-order valence-electron chi connectivity index (χ1n) is 10.7. The molecule has 0 aromatic heterocycles. The molecule has 1 atom stereocenters. The molecule has 0 bridgehead atoms. The van der Waals surface area contributed by atoms with Crippen molar-refractivity contribution in [2.24, 2.45) is 10.7 Å². The van der Waals surface area contributed by atoms with Gasteiger partial charge in [-0.25, -0.2) is 0 Å². The van der Waals surface area contributed by atoms with Crippen LogP contribution in [0, 0.1) is 0 Å². The van der Waals surface area contributed by atoms with Crippen LogP contribution in [0.2, 0.25) is 0 Å². The number of carbonyl (C=O) groups excluding carboxylic acids is 2. The van der Waals surface area contributed by atoms with Crippen LogP contribution in [0.1, 0.15) is 61.0 Å². The number of amides is 1. The lowest BCUT2D eigenvalue weighted by Crippen LogP contribution is -2.28. The number of nitrogens with zero attached hydrogens (tertiary/aromatic N) is 1. The number of aryl methyl sites for hydroxylation is 1. The fraction of sp³-hybridized carbons (Fsp3) is 0.375. The Morgan fingerprint density at radius 1 is 1.12 bits per heavy atom. The van der Waals surface area contributed by atoms with Gasteiger partial charge < -0.3 is 20.5 Å². The molecule has 1 heterocycles. The number of nitrogens with two attached hydrogens (primary N) is 1. The third kappa shape index (κ3) is 6.72. The second kappa shape index (κ2) is 12.1. The topological polar surface area (TPSA) is 103 Å². The molecule has 0 radical (unpaired) electrons.